The number of benzene rings is 1. The molecule has 1 aromatic rings. The zero-order valence-corrected chi connectivity index (χ0v) is 8.66. The Balaban J connectivity index is 2.67. The minimum atomic E-state index is -0.422. The first-order valence-corrected chi connectivity index (χ1v) is 4.46. The van der Waals surface area contributed by atoms with Crippen LogP contribution in [0.25, 0.3) is 0 Å². The third-order valence-electron chi connectivity index (χ3n) is 1.35. The summed E-state index contributed by atoms with van der Waals surface area (Å²) in [6.07, 6.45) is 0. The largest absolute Gasteiger partial charge is 0.485 e. The Labute approximate surface area is 88.3 Å². The van der Waals surface area contributed by atoms with Crippen molar-refractivity contribution in [3.05, 3.63) is 28.5 Å². The smallest absolute Gasteiger partial charge is 0.177 e. The molecule has 0 amide bonds. The molecule has 0 aromatic heterocycles. The first-order chi connectivity index (χ1) is 6.61. The molecule has 1 rings (SSSR count). The van der Waals surface area contributed by atoms with Gasteiger partial charge in [0, 0.05) is 10.5 Å². The van der Waals surface area contributed by atoms with Crippen molar-refractivity contribution in [3.8, 4) is 5.75 Å². The van der Waals surface area contributed by atoms with Crippen molar-refractivity contribution in [2.45, 2.75) is 0 Å². The summed E-state index contributed by atoms with van der Waals surface area (Å²) in [5.74, 6) is -0.192. The number of ether oxygens (including phenoxy) is 1. The third-order valence-corrected chi connectivity index (χ3v) is 1.81. The van der Waals surface area contributed by atoms with Crippen LogP contribution in [0.2, 0.25) is 0 Å². The summed E-state index contributed by atoms with van der Waals surface area (Å²) in [5, 5.41) is 10.9. The number of oxime groups is 1. The molecule has 0 aliphatic heterocycles. The maximum Gasteiger partial charge on any atom is 0.177 e. The second-order valence-corrected chi connectivity index (χ2v) is 3.40. The molecule has 0 fully saturated rings. The van der Waals surface area contributed by atoms with Crippen LogP contribution in [0.5, 0.6) is 5.75 Å². The molecule has 1 aromatic carbocycles. The molecule has 0 unspecified atom stereocenters. The summed E-state index contributed by atoms with van der Waals surface area (Å²) in [4.78, 5) is 0. The van der Waals surface area contributed by atoms with E-state index in [1.807, 2.05) is 0 Å². The van der Waals surface area contributed by atoms with E-state index in [1.54, 1.807) is 6.07 Å². The Bertz CT molecular complexity index is 337. The van der Waals surface area contributed by atoms with Crippen molar-refractivity contribution < 1.29 is 14.3 Å². The van der Waals surface area contributed by atoms with Gasteiger partial charge < -0.3 is 15.7 Å². The lowest BCUT2D eigenvalue weighted by molar-refractivity contribution is 0.306. The van der Waals surface area contributed by atoms with Gasteiger partial charge in [0.15, 0.2) is 5.84 Å². The van der Waals surface area contributed by atoms with E-state index in [4.69, 9.17) is 15.7 Å². The third kappa shape index (κ3) is 3.21. The number of nitrogens with zero attached hydrogens (tertiary/aromatic N) is 1. The Hall–Kier alpha value is -1.30. The predicted molar refractivity (Wildman–Crippen MR) is 53.0 cm³/mol. The van der Waals surface area contributed by atoms with Gasteiger partial charge in [-0.15, -0.1) is 0 Å². The monoisotopic (exact) mass is 262 g/mol. The minimum absolute atomic E-state index is 0.0783. The summed E-state index contributed by atoms with van der Waals surface area (Å²) in [5.41, 5.74) is 5.17. The van der Waals surface area contributed by atoms with Gasteiger partial charge >= 0.3 is 0 Å². The second-order valence-electron chi connectivity index (χ2n) is 2.49. The predicted octanol–water partition coefficient (Wildman–Crippen LogP) is 1.71. The van der Waals surface area contributed by atoms with Gasteiger partial charge in [0.25, 0.3) is 0 Å². The molecule has 0 aliphatic carbocycles. The molecular formula is C8H8BrFN2O2. The van der Waals surface area contributed by atoms with E-state index in [0.717, 1.165) is 0 Å². The maximum atomic E-state index is 12.8. The first-order valence-electron chi connectivity index (χ1n) is 3.67. The van der Waals surface area contributed by atoms with E-state index < -0.39 is 5.82 Å². The second kappa shape index (κ2) is 4.80. The number of rotatable bonds is 3. The Morgan fingerprint density at radius 3 is 2.86 bits per heavy atom. The Morgan fingerprint density at radius 1 is 1.57 bits per heavy atom. The summed E-state index contributed by atoms with van der Waals surface area (Å²) in [6.45, 7) is -0.0909. The topological polar surface area (TPSA) is 67.8 Å². The highest BCUT2D eigenvalue weighted by atomic mass is 79.9. The number of nitrogens with two attached hydrogens (primary N) is 1. The van der Waals surface area contributed by atoms with E-state index in [-0.39, 0.29) is 12.4 Å². The van der Waals surface area contributed by atoms with Crippen molar-refractivity contribution in [1.29, 1.82) is 0 Å². The molecule has 3 N–H and O–H groups in total. The molecule has 14 heavy (non-hydrogen) atoms. The fraction of sp³-hybridized carbons (Fsp3) is 0.125. The molecule has 4 nitrogen and oxygen atoms in total. The van der Waals surface area contributed by atoms with Gasteiger partial charge in [-0.3, -0.25) is 0 Å². The average molecular weight is 263 g/mol. The van der Waals surface area contributed by atoms with Crippen molar-refractivity contribution in [2.75, 3.05) is 6.61 Å². The van der Waals surface area contributed by atoms with E-state index in [0.29, 0.717) is 10.2 Å². The summed E-state index contributed by atoms with van der Waals surface area (Å²) in [6, 6.07) is 4.08. The summed E-state index contributed by atoms with van der Waals surface area (Å²) in [7, 11) is 0. The van der Waals surface area contributed by atoms with Gasteiger partial charge in [-0.2, -0.15) is 0 Å². The number of hydrogen-bond acceptors (Lipinski definition) is 3. The molecule has 0 saturated carbocycles. The fourth-order valence-corrected chi connectivity index (χ4v) is 1.24. The van der Waals surface area contributed by atoms with E-state index in [2.05, 4.69) is 21.1 Å². The molecule has 0 bridgehead atoms. The van der Waals surface area contributed by atoms with Gasteiger partial charge in [-0.05, 0) is 12.1 Å². The fourth-order valence-electron chi connectivity index (χ4n) is 0.798. The average Bonchev–Trinajstić information content (AvgIpc) is 2.12. The molecule has 0 radical (unpaired) electrons. The van der Waals surface area contributed by atoms with Crippen LogP contribution in [0.1, 0.15) is 0 Å². The van der Waals surface area contributed by atoms with Gasteiger partial charge in [-0.1, -0.05) is 21.1 Å². The van der Waals surface area contributed by atoms with Crippen LogP contribution in [0.3, 0.4) is 0 Å². The van der Waals surface area contributed by atoms with Crippen LogP contribution in [0.4, 0.5) is 4.39 Å². The maximum absolute atomic E-state index is 12.8. The minimum Gasteiger partial charge on any atom is -0.485 e. The highest BCUT2D eigenvalue weighted by Crippen LogP contribution is 2.20. The lowest BCUT2D eigenvalue weighted by Crippen LogP contribution is -2.20. The Morgan fingerprint density at radius 2 is 2.29 bits per heavy atom. The number of hydrogen-bond donors (Lipinski definition) is 2. The molecule has 0 heterocycles. The quantitative estimate of drug-likeness (QED) is 0.377. The van der Waals surface area contributed by atoms with Crippen molar-refractivity contribution >= 4 is 21.8 Å². The van der Waals surface area contributed by atoms with E-state index in [9.17, 15) is 4.39 Å². The van der Waals surface area contributed by atoms with Crippen LogP contribution in [-0.2, 0) is 0 Å². The molecule has 0 saturated heterocycles. The first kappa shape index (κ1) is 10.8. The zero-order valence-electron chi connectivity index (χ0n) is 7.08. The lowest BCUT2D eigenvalue weighted by Gasteiger charge is -2.05. The SMILES string of the molecule is N/C(COc1cc(F)cc(Br)c1)=N/O. The van der Waals surface area contributed by atoms with Gasteiger partial charge in [0.05, 0.1) is 0 Å². The standard InChI is InChI=1S/C8H8BrFN2O2/c9-5-1-6(10)3-7(2-5)14-4-8(11)12-13/h1-3,13H,4H2,(H2,11,12). The Kier molecular flexibility index (Phi) is 3.70. The molecule has 76 valence electrons. The van der Waals surface area contributed by atoms with Gasteiger partial charge in [0.2, 0.25) is 0 Å². The van der Waals surface area contributed by atoms with Crippen LogP contribution in [-0.4, -0.2) is 17.6 Å². The van der Waals surface area contributed by atoms with Crippen molar-refractivity contribution in [3.63, 3.8) is 0 Å². The number of amidine groups is 1. The van der Waals surface area contributed by atoms with Crippen LogP contribution < -0.4 is 10.5 Å². The van der Waals surface area contributed by atoms with Crippen molar-refractivity contribution in [2.24, 2.45) is 10.9 Å². The molecule has 0 spiro atoms. The zero-order chi connectivity index (χ0) is 10.6. The summed E-state index contributed by atoms with van der Waals surface area (Å²) >= 11 is 3.11. The molecule has 6 heteroatoms. The highest BCUT2D eigenvalue weighted by molar-refractivity contribution is 9.10. The number of halogens is 2. The van der Waals surface area contributed by atoms with Crippen LogP contribution in [0.15, 0.2) is 27.8 Å². The summed E-state index contributed by atoms with van der Waals surface area (Å²) < 4.78 is 18.4. The van der Waals surface area contributed by atoms with Crippen molar-refractivity contribution in [1.82, 2.24) is 0 Å². The van der Waals surface area contributed by atoms with Gasteiger partial charge in [0.1, 0.15) is 18.2 Å². The lowest BCUT2D eigenvalue weighted by atomic mass is 10.3. The van der Waals surface area contributed by atoms with E-state index >= 15 is 0 Å². The molecule has 0 aliphatic rings. The molecule has 0 atom stereocenters. The van der Waals surface area contributed by atoms with E-state index in [1.165, 1.54) is 12.1 Å². The van der Waals surface area contributed by atoms with Crippen LogP contribution >= 0.6 is 15.9 Å². The molecular weight excluding hydrogens is 255 g/mol. The van der Waals surface area contributed by atoms with Gasteiger partial charge in [-0.25, -0.2) is 4.39 Å². The van der Waals surface area contributed by atoms with Crippen LogP contribution in [0, 0.1) is 5.82 Å². The highest BCUT2D eigenvalue weighted by Gasteiger charge is 2.01. The normalized spacial score (nSPS) is 11.4.